The number of ether oxygens (including phenoxy) is 1. The standard InChI is InChI=1S/C10H14N2O2/c11-10(12)5-6-14-9-3-1-8(7-13)2-4-9/h1-4,13H,5-7H2,(H3,11,12). The Morgan fingerprint density at radius 2 is 2.00 bits per heavy atom. The predicted octanol–water partition coefficient (Wildman–Crippen LogP) is 0.884. The normalized spacial score (nSPS) is 9.79. The van der Waals surface area contributed by atoms with Crippen LogP contribution in [0, 0.1) is 5.41 Å². The van der Waals surface area contributed by atoms with Crippen molar-refractivity contribution in [3.63, 3.8) is 0 Å². The van der Waals surface area contributed by atoms with E-state index in [0.717, 1.165) is 11.3 Å². The number of rotatable bonds is 5. The Kier molecular flexibility index (Phi) is 3.94. The van der Waals surface area contributed by atoms with Crippen molar-refractivity contribution in [2.24, 2.45) is 5.73 Å². The summed E-state index contributed by atoms with van der Waals surface area (Å²) in [7, 11) is 0. The fraction of sp³-hybridized carbons (Fsp3) is 0.300. The highest BCUT2D eigenvalue weighted by Gasteiger charge is 1.95. The molecular formula is C10H14N2O2. The molecule has 0 amide bonds. The van der Waals surface area contributed by atoms with E-state index in [-0.39, 0.29) is 12.4 Å². The second-order valence-corrected chi connectivity index (χ2v) is 2.93. The smallest absolute Gasteiger partial charge is 0.119 e. The monoisotopic (exact) mass is 194 g/mol. The molecule has 0 unspecified atom stereocenters. The zero-order valence-electron chi connectivity index (χ0n) is 7.86. The molecule has 1 aromatic carbocycles. The molecule has 14 heavy (non-hydrogen) atoms. The summed E-state index contributed by atoms with van der Waals surface area (Å²) >= 11 is 0. The van der Waals surface area contributed by atoms with Gasteiger partial charge in [0.1, 0.15) is 5.75 Å². The van der Waals surface area contributed by atoms with Gasteiger partial charge in [0.05, 0.1) is 19.0 Å². The summed E-state index contributed by atoms with van der Waals surface area (Å²) < 4.78 is 5.31. The molecular weight excluding hydrogens is 180 g/mol. The maximum atomic E-state index is 8.79. The molecule has 4 nitrogen and oxygen atoms in total. The third-order valence-electron chi connectivity index (χ3n) is 1.75. The van der Waals surface area contributed by atoms with Gasteiger partial charge in [-0.05, 0) is 17.7 Å². The molecule has 1 aromatic rings. The third kappa shape index (κ3) is 3.45. The fourth-order valence-corrected chi connectivity index (χ4v) is 0.970. The molecule has 0 bridgehead atoms. The Hall–Kier alpha value is -1.55. The number of aliphatic hydroxyl groups is 1. The second kappa shape index (κ2) is 5.24. The van der Waals surface area contributed by atoms with Gasteiger partial charge in [0.15, 0.2) is 0 Å². The van der Waals surface area contributed by atoms with Gasteiger partial charge in [-0.25, -0.2) is 0 Å². The van der Waals surface area contributed by atoms with E-state index in [9.17, 15) is 0 Å². The van der Waals surface area contributed by atoms with Crippen molar-refractivity contribution in [3.05, 3.63) is 29.8 Å². The molecule has 0 saturated carbocycles. The van der Waals surface area contributed by atoms with Gasteiger partial charge < -0.3 is 15.6 Å². The van der Waals surface area contributed by atoms with Crippen molar-refractivity contribution >= 4 is 5.84 Å². The van der Waals surface area contributed by atoms with Gasteiger partial charge in [0.25, 0.3) is 0 Å². The molecule has 1 rings (SSSR count). The number of nitrogens with one attached hydrogen (secondary N) is 1. The average Bonchev–Trinajstić information content (AvgIpc) is 2.18. The lowest BCUT2D eigenvalue weighted by Gasteiger charge is -2.05. The van der Waals surface area contributed by atoms with Crippen LogP contribution in [0.2, 0.25) is 0 Å². The first-order valence-electron chi connectivity index (χ1n) is 4.38. The number of hydrogen-bond acceptors (Lipinski definition) is 3. The van der Waals surface area contributed by atoms with Crippen LogP contribution < -0.4 is 10.5 Å². The van der Waals surface area contributed by atoms with E-state index in [2.05, 4.69) is 0 Å². The summed E-state index contributed by atoms with van der Waals surface area (Å²) in [5, 5.41) is 15.8. The maximum Gasteiger partial charge on any atom is 0.119 e. The average molecular weight is 194 g/mol. The van der Waals surface area contributed by atoms with Crippen LogP contribution in [0.4, 0.5) is 0 Å². The third-order valence-corrected chi connectivity index (χ3v) is 1.75. The van der Waals surface area contributed by atoms with Crippen LogP contribution in [0.25, 0.3) is 0 Å². The molecule has 4 N–H and O–H groups in total. The molecule has 0 spiro atoms. The fourth-order valence-electron chi connectivity index (χ4n) is 0.970. The van der Waals surface area contributed by atoms with E-state index in [1.807, 2.05) is 0 Å². The molecule has 0 aliphatic rings. The topological polar surface area (TPSA) is 79.3 Å². The number of nitrogens with two attached hydrogens (primary N) is 1. The van der Waals surface area contributed by atoms with Gasteiger partial charge in [-0.2, -0.15) is 0 Å². The number of aliphatic hydroxyl groups excluding tert-OH is 1. The zero-order valence-corrected chi connectivity index (χ0v) is 7.86. The minimum atomic E-state index is 0.0354. The van der Waals surface area contributed by atoms with Crippen molar-refractivity contribution in [2.45, 2.75) is 13.0 Å². The highest BCUT2D eigenvalue weighted by atomic mass is 16.5. The van der Waals surface area contributed by atoms with Crippen molar-refractivity contribution in [1.29, 1.82) is 5.41 Å². The van der Waals surface area contributed by atoms with Crippen LogP contribution in [-0.2, 0) is 6.61 Å². The highest BCUT2D eigenvalue weighted by molar-refractivity contribution is 5.76. The number of benzene rings is 1. The quantitative estimate of drug-likeness (QED) is 0.481. The van der Waals surface area contributed by atoms with Gasteiger partial charge in [0.2, 0.25) is 0 Å². The zero-order chi connectivity index (χ0) is 10.4. The first kappa shape index (κ1) is 10.5. The van der Waals surface area contributed by atoms with E-state index < -0.39 is 0 Å². The first-order chi connectivity index (χ1) is 6.72. The lowest BCUT2D eigenvalue weighted by atomic mass is 10.2. The van der Waals surface area contributed by atoms with Crippen LogP contribution in [0.1, 0.15) is 12.0 Å². The van der Waals surface area contributed by atoms with Crippen molar-refractivity contribution in [2.75, 3.05) is 6.61 Å². The summed E-state index contributed by atoms with van der Waals surface area (Å²) in [5.74, 6) is 0.848. The van der Waals surface area contributed by atoms with Gasteiger partial charge >= 0.3 is 0 Å². The summed E-state index contributed by atoms with van der Waals surface area (Å²) in [6, 6.07) is 7.16. The molecule has 0 saturated heterocycles. The molecule has 0 aliphatic heterocycles. The highest BCUT2D eigenvalue weighted by Crippen LogP contribution is 2.12. The predicted molar refractivity (Wildman–Crippen MR) is 54.4 cm³/mol. The molecule has 4 heteroatoms. The van der Waals surface area contributed by atoms with E-state index in [1.54, 1.807) is 24.3 Å². The van der Waals surface area contributed by atoms with E-state index in [1.165, 1.54) is 0 Å². The maximum absolute atomic E-state index is 8.79. The largest absolute Gasteiger partial charge is 0.493 e. The lowest BCUT2D eigenvalue weighted by molar-refractivity contribution is 0.281. The van der Waals surface area contributed by atoms with Crippen molar-refractivity contribution in [1.82, 2.24) is 0 Å². The SMILES string of the molecule is N=C(N)CCOc1ccc(CO)cc1. The van der Waals surface area contributed by atoms with Crippen LogP contribution in [0.5, 0.6) is 5.75 Å². The Bertz CT molecular complexity index is 295. The van der Waals surface area contributed by atoms with Gasteiger partial charge in [-0.3, -0.25) is 5.41 Å². The summed E-state index contributed by atoms with van der Waals surface area (Å²) in [6.07, 6.45) is 0.432. The van der Waals surface area contributed by atoms with Gasteiger partial charge in [0, 0.05) is 6.42 Å². The molecule has 0 heterocycles. The molecule has 0 atom stereocenters. The number of amidine groups is 1. The lowest BCUT2D eigenvalue weighted by Crippen LogP contribution is -2.13. The molecule has 0 fully saturated rings. The van der Waals surface area contributed by atoms with Crippen LogP contribution >= 0.6 is 0 Å². The van der Waals surface area contributed by atoms with E-state index >= 15 is 0 Å². The Labute approximate surface area is 82.8 Å². The minimum Gasteiger partial charge on any atom is -0.493 e. The summed E-state index contributed by atoms with van der Waals surface area (Å²) in [5.41, 5.74) is 6.02. The van der Waals surface area contributed by atoms with E-state index in [4.69, 9.17) is 21.0 Å². The molecule has 0 radical (unpaired) electrons. The second-order valence-electron chi connectivity index (χ2n) is 2.93. The molecule has 0 aromatic heterocycles. The Morgan fingerprint density at radius 3 is 2.50 bits per heavy atom. The number of hydrogen-bond donors (Lipinski definition) is 3. The van der Waals surface area contributed by atoms with Crippen LogP contribution in [-0.4, -0.2) is 17.5 Å². The van der Waals surface area contributed by atoms with Gasteiger partial charge in [-0.1, -0.05) is 12.1 Å². The Balaban J connectivity index is 2.40. The minimum absolute atomic E-state index is 0.0354. The van der Waals surface area contributed by atoms with Crippen LogP contribution in [0.3, 0.4) is 0 Å². The molecule has 0 aliphatic carbocycles. The van der Waals surface area contributed by atoms with Gasteiger partial charge in [-0.15, -0.1) is 0 Å². The first-order valence-corrected chi connectivity index (χ1v) is 4.38. The van der Waals surface area contributed by atoms with Crippen molar-refractivity contribution < 1.29 is 9.84 Å². The molecule has 76 valence electrons. The summed E-state index contributed by atoms with van der Waals surface area (Å²) in [4.78, 5) is 0. The van der Waals surface area contributed by atoms with Crippen molar-refractivity contribution in [3.8, 4) is 5.75 Å². The van der Waals surface area contributed by atoms with Crippen LogP contribution in [0.15, 0.2) is 24.3 Å². The summed E-state index contributed by atoms with van der Waals surface area (Å²) in [6.45, 7) is 0.446. The van der Waals surface area contributed by atoms with E-state index in [0.29, 0.717) is 13.0 Å². The Morgan fingerprint density at radius 1 is 1.36 bits per heavy atom.